The molecule has 0 atom stereocenters. The molecule has 2 heterocycles. The lowest BCUT2D eigenvalue weighted by Gasteiger charge is -2.12. The number of benzene rings is 2. The predicted molar refractivity (Wildman–Crippen MR) is 112 cm³/mol. The number of amides is 1. The van der Waals surface area contributed by atoms with Crippen molar-refractivity contribution in [1.29, 1.82) is 0 Å². The third kappa shape index (κ3) is 4.17. The van der Waals surface area contributed by atoms with Gasteiger partial charge in [-0.15, -0.1) is 0 Å². The molecule has 0 saturated heterocycles. The summed E-state index contributed by atoms with van der Waals surface area (Å²) in [5, 5.41) is 2.62. The Bertz CT molecular complexity index is 1130. The highest BCUT2D eigenvalue weighted by molar-refractivity contribution is 7.92. The van der Waals surface area contributed by atoms with Crippen LogP contribution < -0.4 is 10.0 Å². The molecule has 2 N–H and O–H groups in total. The average Bonchev–Trinajstić information content (AvgIpc) is 3.12. The fraction of sp³-hybridized carbons (Fsp3) is 0.238. The molecule has 0 fully saturated rings. The topological polar surface area (TPSA) is 93.1 Å². The maximum Gasteiger partial charge on any atom is 0.261 e. The standard InChI is InChI=1S/C21H22N4O3S/c1-15(26)22-16-9-11-17(12-10-16)29(27,28)24-19-7-3-2-6-18(19)20-14-25-13-5-4-8-21(25)23-20/h2-3,6-7,9-12,14,24H,4-5,8,13H2,1H3,(H,22,26). The number of imidazole rings is 1. The first-order valence-electron chi connectivity index (χ1n) is 9.48. The molecule has 3 aromatic rings. The second-order valence-electron chi connectivity index (χ2n) is 7.05. The van der Waals surface area contributed by atoms with E-state index in [1.165, 1.54) is 19.1 Å². The maximum absolute atomic E-state index is 12.9. The third-order valence-electron chi connectivity index (χ3n) is 4.84. The summed E-state index contributed by atoms with van der Waals surface area (Å²) in [6.07, 6.45) is 5.18. The first kappa shape index (κ1) is 19.2. The molecule has 1 aliphatic heterocycles. The van der Waals surface area contributed by atoms with Gasteiger partial charge in [0, 0.05) is 37.3 Å². The van der Waals surface area contributed by atoms with Crippen LogP contribution >= 0.6 is 0 Å². The highest BCUT2D eigenvalue weighted by Gasteiger charge is 2.19. The molecule has 150 valence electrons. The van der Waals surface area contributed by atoms with Crippen molar-refractivity contribution in [2.24, 2.45) is 0 Å². The molecule has 0 radical (unpaired) electrons. The van der Waals surface area contributed by atoms with Crippen molar-refractivity contribution < 1.29 is 13.2 Å². The summed E-state index contributed by atoms with van der Waals surface area (Å²) < 4.78 is 30.6. The predicted octanol–water partition coefficient (Wildman–Crippen LogP) is 3.65. The van der Waals surface area contributed by atoms with Gasteiger partial charge in [-0.25, -0.2) is 13.4 Å². The van der Waals surface area contributed by atoms with Crippen LogP contribution in [0.3, 0.4) is 0 Å². The van der Waals surface area contributed by atoms with Gasteiger partial charge in [0.15, 0.2) is 0 Å². The van der Waals surface area contributed by atoms with E-state index in [0.29, 0.717) is 11.4 Å². The van der Waals surface area contributed by atoms with Crippen molar-refractivity contribution in [3.8, 4) is 11.3 Å². The van der Waals surface area contributed by atoms with Gasteiger partial charge < -0.3 is 9.88 Å². The van der Waals surface area contributed by atoms with Crippen LogP contribution in [-0.4, -0.2) is 23.9 Å². The van der Waals surface area contributed by atoms with Crippen LogP contribution in [0.1, 0.15) is 25.6 Å². The summed E-state index contributed by atoms with van der Waals surface area (Å²) in [4.78, 5) is 16.0. The zero-order valence-electron chi connectivity index (χ0n) is 16.1. The zero-order valence-corrected chi connectivity index (χ0v) is 16.9. The SMILES string of the molecule is CC(=O)Nc1ccc(S(=O)(=O)Nc2ccccc2-c2cn3c(n2)CCCC3)cc1. The fourth-order valence-corrected chi connectivity index (χ4v) is 4.54. The van der Waals surface area contributed by atoms with Gasteiger partial charge in [-0.2, -0.15) is 0 Å². The molecule has 1 amide bonds. The number of carbonyl (C=O) groups excluding carboxylic acids is 1. The van der Waals surface area contributed by atoms with Crippen LogP contribution in [0.5, 0.6) is 0 Å². The van der Waals surface area contributed by atoms with Crippen molar-refractivity contribution in [1.82, 2.24) is 9.55 Å². The van der Waals surface area contributed by atoms with E-state index in [0.717, 1.165) is 42.9 Å². The van der Waals surface area contributed by atoms with Crippen LogP contribution in [0, 0.1) is 0 Å². The Balaban J connectivity index is 1.62. The van der Waals surface area contributed by atoms with E-state index in [-0.39, 0.29) is 10.8 Å². The molecule has 0 saturated carbocycles. The van der Waals surface area contributed by atoms with Gasteiger partial charge in [0.05, 0.1) is 16.3 Å². The van der Waals surface area contributed by atoms with Crippen molar-refractivity contribution >= 4 is 27.3 Å². The number of anilines is 2. The van der Waals surface area contributed by atoms with Crippen LogP contribution in [0.15, 0.2) is 59.6 Å². The Kier molecular flexibility index (Phi) is 5.10. The number of aromatic nitrogens is 2. The molecule has 4 rings (SSSR count). The zero-order chi connectivity index (χ0) is 20.4. The lowest BCUT2D eigenvalue weighted by Crippen LogP contribution is -2.14. The fourth-order valence-electron chi connectivity index (χ4n) is 3.46. The number of sulfonamides is 1. The molecule has 0 unspecified atom stereocenters. The number of nitrogens with one attached hydrogen (secondary N) is 2. The van der Waals surface area contributed by atoms with Gasteiger partial charge in [0.2, 0.25) is 5.91 Å². The van der Waals surface area contributed by atoms with E-state index in [1.54, 1.807) is 24.3 Å². The number of hydrogen-bond acceptors (Lipinski definition) is 4. The molecule has 1 aliphatic rings. The Morgan fingerprint density at radius 2 is 1.83 bits per heavy atom. The van der Waals surface area contributed by atoms with Crippen molar-refractivity contribution in [3.05, 3.63) is 60.6 Å². The first-order chi connectivity index (χ1) is 13.9. The van der Waals surface area contributed by atoms with E-state index < -0.39 is 10.0 Å². The highest BCUT2D eigenvalue weighted by atomic mass is 32.2. The van der Waals surface area contributed by atoms with Crippen LogP contribution in [0.2, 0.25) is 0 Å². The number of nitrogens with zero attached hydrogens (tertiary/aromatic N) is 2. The van der Waals surface area contributed by atoms with E-state index in [4.69, 9.17) is 4.98 Å². The monoisotopic (exact) mass is 410 g/mol. The molecule has 2 aromatic carbocycles. The maximum atomic E-state index is 12.9. The van der Waals surface area contributed by atoms with Crippen LogP contribution in [-0.2, 0) is 27.8 Å². The lowest BCUT2D eigenvalue weighted by atomic mass is 10.1. The Labute approximate surface area is 169 Å². The Hall–Kier alpha value is -3.13. The minimum atomic E-state index is -3.79. The number of para-hydroxylation sites is 1. The van der Waals surface area contributed by atoms with Gasteiger partial charge in [-0.05, 0) is 43.2 Å². The number of rotatable bonds is 5. The van der Waals surface area contributed by atoms with E-state index in [9.17, 15) is 13.2 Å². The molecular formula is C21H22N4O3S. The molecular weight excluding hydrogens is 388 g/mol. The van der Waals surface area contributed by atoms with E-state index in [2.05, 4.69) is 14.6 Å². The van der Waals surface area contributed by atoms with Crippen LogP contribution in [0.25, 0.3) is 11.3 Å². The van der Waals surface area contributed by atoms with Gasteiger partial charge in [0.25, 0.3) is 10.0 Å². The molecule has 0 bridgehead atoms. The summed E-state index contributed by atoms with van der Waals surface area (Å²) in [6, 6.07) is 13.3. The minimum Gasteiger partial charge on any atom is -0.334 e. The van der Waals surface area contributed by atoms with Gasteiger partial charge in [0.1, 0.15) is 5.82 Å². The van der Waals surface area contributed by atoms with E-state index in [1.807, 2.05) is 18.3 Å². The highest BCUT2D eigenvalue weighted by Crippen LogP contribution is 2.30. The largest absolute Gasteiger partial charge is 0.334 e. The van der Waals surface area contributed by atoms with Gasteiger partial charge in [-0.1, -0.05) is 18.2 Å². The molecule has 1 aromatic heterocycles. The summed E-state index contributed by atoms with van der Waals surface area (Å²) in [5.41, 5.74) is 2.53. The van der Waals surface area contributed by atoms with Crippen molar-refractivity contribution in [2.75, 3.05) is 10.0 Å². The summed E-state index contributed by atoms with van der Waals surface area (Å²) >= 11 is 0. The second kappa shape index (κ2) is 7.71. The Morgan fingerprint density at radius 3 is 2.55 bits per heavy atom. The smallest absolute Gasteiger partial charge is 0.261 e. The molecule has 0 spiro atoms. The van der Waals surface area contributed by atoms with Gasteiger partial charge >= 0.3 is 0 Å². The first-order valence-corrected chi connectivity index (χ1v) is 11.0. The lowest BCUT2D eigenvalue weighted by molar-refractivity contribution is -0.114. The number of carbonyl (C=O) groups is 1. The Morgan fingerprint density at radius 1 is 1.07 bits per heavy atom. The van der Waals surface area contributed by atoms with Gasteiger partial charge in [-0.3, -0.25) is 9.52 Å². The molecule has 7 nitrogen and oxygen atoms in total. The summed E-state index contributed by atoms with van der Waals surface area (Å²) in [5.74, 6) is 0.827. The number of aryl methyl sites for hydroxylation is 2. The summed E-state index contributed by atoms with van der Waals surface area (Å²) in [6.45, 7) is 2.34. The van der Waals surface area contributed by atoms with E-state index >= 15 is 0 Å². The third-order valence-corrected chi connectivity index (χ3v) is 6.22. The number of hydrogen-bond donors (Lipinski definition) is 2. The second-order valence-corrected chi connectivity index (χ2v) is 8.73. The van der Waals surface area contributed by atoms with Crippen molar-refractivity contribution in [2.45, 2.75) is 37.6 Å². The summed E-state index contributed by atoms with van der Waals surface area (Å²) in [7, 11) is -3.79. The normalized spacial score (nSPS) is 13.6. The van der Waals surface area contributed by atoms with Crippen LogP contribution in [0.4, 0.5) is 11.4 Å². The molecule has 8 heteroatoms. The minimum absolute atomic E-state index is 0.116. The quantitative estimate of drug-likeness (QED) is 0.671. The molecule has 29 heavy (non-hydrogen) atoms. The molecule has 0 aliphatic carbocycles. The average molecular weight is 410 g/mol. The van der Waals surface area contributed by atoms with Crippen molar-refractivity contribution in [3.63, 3.8) is 0 Å². The number of fused-ring (bicyclic) bond motifs is 1.